The first kappa shape index (κ1) is 16.1. The summed E-state index contributed by atoms with van der Waals surface area (Å²) < 4.78 is 28.1. The van der Waals surface area contributed by atoms with E-state index in [1.807, 2.05) is 0 Å². The zero-order chi connectivity index (χ0) is 14.8. The fraction of sp³-hybridized carbons (Fsp3) is 0.917. The number of carboxylic acids is 1. The molecule has 6 nitrogen and oxygen atoms in total. The molecule has 0 amide bonds. The van der Waals surface area contributed by atoms with Gasteiger partial charge in [-0.25, -0.2) is 0 Å². The lowest BCUT2D eigenvalue weighted by atomic mass is 10.1. The van der Waals surface area contributed by atoms with E-state index in [9.17, 15) is 18.3 Å². The molecular formula is C12H22N2O4S2. The number of piperidine rings is 1. The Morgan fingerprint density at radius 2 is 2.10 bits per heavy atom. The maximum atomic E-state index is 12.7. The van der Waals surface area contributed by atoms with Crippen molar-refractivity contribution in [2.45, 2.75) is 43.9 Å². The van der Waals surface area contributed by atoms with Crippen LogP contribution in [0.1, 0.15) is 32.6 Å². The number of hydrogen-bond acceptors (Lipinski definition) is 4. The third-order valence-electron chi connectivity index (χ3n) is 3.92. The van der Waals surface area contributed by atoms with Gasteiger partial charge in [0, 0.05) is 30.6 Å². The van der Waals surface area contributed by atoms with E-state index in [0.717, 1.165) is 25.0 Å². The Bertz CT molecular complexity index is 454. The Hall–Kier alpha value is -0.310. The van der Waals surface area contributed by atoms with Crippen LogP contribution in [0.2, 0.25) is 0 Å². The van der Waals surface area contributed by atoms with Crippen molar-refractivity contribution in [2.75, 3.05) is 25.4 Å². The first-order chi connectivity index (χ1) is 9.46. The average molecular weight is 322 g/mol. The fourth-order valence-electron chi connectivity index (χ4n) is 2.73. The Morgan fingerprint density at radius 1 is 1.35 bits per heavy atom. The van der Waals surface area contributed by atoms with Crippen LogP contribution in [-0.4, -0.2) is 64.8 Å². The van der Waals surface area contributed by atoms with Crippen molar-refractivity contribution < 1.29 is 18.3 Å². The number of thioether (sulfide) groups is 1. The summed E-state index contributed by atoms with van der Waals surface area (Å²) in [6.07, 6.45) is 2.85. The molecule has 2 unspecified atom stereocenters. The Kier molecular flexibility index (Phi) is 5.33. The van der Waals surface area contributed by atoms with Gasteiger partial charge in [0.05, 0.1) is 0 Å². The Morgan fingerprint density at radius 3 is 2.75 bits per heavy atom. The summed E-state index contributed by atoms with van der Waals surface area (Å²) in [6, 6.07) is -0.900. The van der Waals surface area contributed by atoms with Crippen molar-refractivity contribution in [3.8, 4) is 0 Å². The summed E-state index contributed by atoms with van der Waals surface area (Å²) in [5, 5.41) is 9.55. The third kappa shape index (κ3) is 3.29. The van der Waals surface area contributed by atoms with Gasteiger partial charge in [-0.2, -0.15) is 28.8 Å². The molecule has 2 fully saturated rings. The summed E-state index contributed by atoms with van der Waals surface area (Å²) >= 11 is 1.80. The van der Waals surface area contributed by atoms with Crippen molar-refractivity contribution >= 4 is 27.9 Å². The highest BCUT2D eigenvalue weighted by molar-refractivity contribution is 8.00. The van der Waals surface area contributed by atoms with Crippen molar-refractivity contribution in [3.63, 3.8) is 0 Å². The van der Waals surface area contributed by atoms with Gasteiger partial charge in [0.15, 0.2) is 0 Å². The Labute approximate surface area is 124 Å². The second-order valence-electron chi connectivity index (χ2n) is 5.23. The molecule has 0 aliphatic carbocycles. The molecule has 0 radical (unpaired) electrons. The van der Waals surface area contributed by atoms with E-state index in [1.54, 1.807) is 11.8 Å². The molecule has 2 heterocycles. The number of aliphatic carboxylic acids is 1. The van der Waals surface area contributed by atoms with Crippen molar-refractivity contribution in [1.82, 2.24) is 8.61 Å². The van der Waals surface area contributed by atoms with Gasteiger partial charge in [0.25, 0.3) is 10.2 Å². The van der Waals surface area contributed by atoms with Gasteiger partial charge in [0.1, 0.15) is 6.04 Å². The number of rotatable bonds is 4. The van der Waals surface area contributed by atoms with E-state index >= 15 is 0 Å². The van der Waals surface area contributed by atoms with E-state index in [-0.39, 0.29) is 0 Å². The van der Waals surface area contributed by atoms with Crippen molar-refractivity contribution in [2.24, 2.45) is 0 Å². The maximum Gasteiger partial charge on any atom is 0.322 e. The molecule has 2 atom stereocenters. The zero-order valence-corrected chi connectivity index (χ0v) is 13.3. The topological polar surface area (TPSA) is 77.9 Å². The van der Waals surface area contributed by atoms with E-state index in [0.29, 0.717) is 31.3 Å². The van der Waals surface area contributed by atoms with Crippen molar-refractivity contribution in [3.05, 3.63) is 0 Å². The number of hydrogen-bond donors (Lipinski definition) is 1. The maximum absolute atomic E-state index is 12.7. The van der Waals surface area contributed by atoms with Gasteiger partial charge in [-0.05, 0) is 25.7 Å². The van der Waals surface area contributed by atoms with E-state index in [1.165, 1.54) is 8.61 Å². The van der Waals surface area contributed by atoms with Gasteiger partial charge in [-0.15, -0.1) is 0 Å². The van der Waals surface area contributed by atoms with Crippen LogP contribution in [0.15, 0.2) is 0 Å². The molecule has 20 heavy (non-hydrogen) atoms. The SMILES string of the molecule is CCC1CN(S(=O)(=O)N2CCCCC2C(=O)O)CCS1. The predicted octanol–water partition coefficient (Wildman–Crippen LogP) is 0.998. The van der Waals surface area contributed by atoms with Crippen LogP contribution in [0.4, 0.5) is 0 Å². The molecule has 0 bridgehead atoms. The highest BCUT2D eigenvalue weighted by atomic mass is 32.2. The normalized spacial score (nSPS) is 30.2. The second-order valence-corrected chi connectivity index (χ2v) is 8.52. The highest BCUT2D eigenvalue weighted by Crippen LogP contribution is 2.28. The summed E-state index contributed by atoms with van der Waals surface area (Å²) in [5.41, 5.74) is 0. The van der Waals surface area contributed by atoms with Crippen LogP contribution in [0.5, 0.6) is 0 Å². The largest absolute Gasteiger partial charge is 0.480 e. The average Bonchev–Trinajstić information content (AvgIpc) is 2.47. The lowest BCUT2D eigenvalue weighted by Crippen LogP contribution is -2.55. The van der Waals surface area contributed by atoms with Gasteiger partial charge in [0.2, 0.25) is 0 Å². The highest BCUT2D eigenvalue weighted by Gasteiger charge is 2.41. The zero-order valence-electron chi connectivity index (χ0n) is 11.7. The van der Waals surface area contributed by atoms with Crippen LogP contribution >= 0.6 is 11.8 Å². The Balaban J connectivity index is 2.17. The molecule has 1 N–H and O–H groups in total. The predicted molar refractivity (Wildman–Crippen MR) is 79.0 cm³/mol. The molecule has 8 heteroatoms. The van der Waals surface area contributed by atoms with E-state index in [2.05, 4.69) is 6.92 Å². The molecule has 0 aromatic heterocycles. The third-order valence-corrected chi connectivity index (χ3v) is 7.30. The molecular weight excluding hydrogens is 300 g/mol. The van der Waals surface area contributed by atoms with Crippen LogP contribution in [0.25, 0.3) is 0 Å². The molecule has 0 spiro atoms. The summed E-state index contributed by atoms with van der Waals surface area (Å²) in [6.45, 7) is 3.34. The van der Waals surface area contributed by atoms with Gasteiger partial charge >= 0.3 is 5.97 Å². The molecule has 2 aliphatic heterocycles. The summed E-state index contributed by atoms with van der Waals surface area (Å²) in [5.74, 6) is -0.254. The quantitative estimate of drug-likeness (QED) is 0.835. The first-order valence-corrected chi connectivity index (χ1v) is 9.52. The minimum Gasteiger partial charge on any atom is -0.480 e. The number of carbonyl (C=O) groups is 1. The van der Waals surface area contributed by atoms with Crippen LogP contribution < -0.4 is 0 Å². The lowest BCUT2D eigenvalue weighted by Gasteiger charge is -2.38. The monoisotopic (exact) mass is 322 g/mol. The minimum absolute atomic E-state index is 0.312. The fourth-order valence-corrected chi connectivity index (χ4v) is 5.98. The van der Waals surface area contributed by atoms with Crippen molar-refractivity contribution in [1.29, 1.82) is 0 Å². The van der Waals surface area contributed by atoms with Crippen LogP contribution in [-0.2, 0) is 15.0 Å². The van der Waals surface area contributed by atoms with Crippen LogP contribution in [0, 0.1) is 0 Å². The van der Waals surface area contributed by atoms with Gasteiger partial charge in [-0.3, -0.25) is 4.79 Å². The van der Waals surface area contributed by atoms with Gasteiger partial charge in [-0.1, -0.05) is 6.92 Å². The van der Waals surface area contributed by atoms with Crippen LogP contribution in [0.3, 0.4) is 0 Å². The summed E-state index contributed by atoms with van der Waals surface area (Å²) in [7, 11) is -3.65. The second kappa shape index (κ2) is 6.64. The summed E-state index contributed by atoms with van der Waals surface area (Å²) in [4.78, 5) is 11.3. The van der Waals surface area contributed by atoms with E-state index in [4.69, 9.17) is 0 Å². The number of carboxylic acid groups (broad SMARTS) is 1. The molecule has 0 aromatic rings. The van der Waals surface area contributed by atoms with Gasteiger partial charge < -0.3 is 5.11 Å². The lowest BCUT2D eigenvalue weighted by molar-refractivity contribution is -0.142. The number of nitrogens with zero attached hydrogens (tertiary/aromatic N) is 2. The van der Waals surface area contributed by atoms with E-state index < -0.39 is 22.2 Å². The smallest absolute Gasteiger partial charge is 0.322 e. The molecule has 2 rings (SSSR count). The molecule has 2 aliphatic rings. The standard InChI is InChI=1S/C12H22N2O4S2/c1-2-10-9-13(7-8-19-10)20(17,18)14-6-4-3-5-11(14)12(15)16/h10-11H,2-9H2,1H3,(H,15,16). The molecule has 116 valence electrons. The molecule has 0 saturated carbocycles. The molecule has 0 aromatic carbocycles. The molecule has 2 saturated heterocycles. The first-order valence-electron chi connectivity index (χ1n) is 7.08. The minimum atomic E-state index is -3.65.